The molecule has 5 nitrogen and oxygen atoms in total. The Morgan fingerprint density at radius 3 is 2.76 bits per heavy atom. The van der Waals surface area contributed by atoms with Crippen LogP contribution in [0.15, 0.2) is 27.8 Å². The van der Waals surface area contributed by atoms with E-state index >= 15 is 0 Å². The van der Waals surface area contributed by atoms with Crippen molar-refractivity contribution in [1.29, 1.82) is 0 Å². The summed E-state index contributed by atoms with van der Waals surface area (Å²) in [7, 11) is 0. The number of aromatic nitrogens is 2. The summed E-state index contributed by atoms with van der Waals surface area (Å²) >= 11 is 1.47. The van der Waals surface area contributed by atoms with Gasteiger partial charge in [0.15, 0.2) is 0 Å². The van der Waals surface area contributed by atoms with E-state index in [-0.39, 0.29) is 6.54 Å². The van der Waals surface area contributed by atoms with Crippen LogP contribution in [-0.2, 0) is 6.54 Å². The first-order chi connectivity index (χ1) is 10.1. The van der Waals surface area contributed by atoms with Crippen molar-refractivity contribution in [3.63, 3.8) is 0 Å². The molecular weight excluding hydrogens is 286 g/mol. The molecule has 0 bridgehead atoms. The molecule has 6 heteroatoms. The monoisotopic (exact) mass is 307 g/mol. The molecule has 0 fully saturated rings. The Balaban J connectivity index is 1.79. The smallest absolute Gasteiger partial charge is 0.276 e. The van der Waals surface area contributed by atoms with Gasteiger partial charge in [-0.3, -0.25) is 0 Å². The standard InChI is InChI=1S/C15H21N3O2S/c1-10(2)13-5-4-12(8-11(13)3)19-6-7-21-15-18-17-14(9-16)20-15/h4-5,8,10H,6-7,9,16H2,1-3H3. The van der Waals surface area contributed by atoms with Gasteiger partial charge < -0.3 is 14.9 Å². The maximum absolute atomic E-state index is 5.74. The number of nitrogens with two attached hydrogens (primary N) is 1. The summed E-state index contributed by atoms with van der Waals surface area (Å²) in [5.41, 5.74) is 8.03. The molecule has 0 aliphatic heterocycles. The highest BCUT2D eigenvalue weighted by atomic mass is 32.2. The zero-order valence-electron chi connectivity index (χ0n) is 12.6. The Bertz CT molecular complexity index is 584. The Morgan fingerprint density at radius 2 is 2.14 bits per heavy atom. The molecule has 0 saturated carbocycles. The summed E-state index contributed by atoms with van der Waals surface area (Å²) in [6, 6.07) is 6.24. The molecule has 0 unspecified atom stereocenters. The third-order valence-corrected chi connectivity index (χ3v) is 3.85. The lowest BCUT2D eigenvalue weighted by atomic mass is 9.98. The third kappa shape index (κ3) is 4.47. The van der Waals surface area contributed by atoms with Crippen molar-refractivity contribution < 1.29 is 9.15 Å². The molecule has 2 rings (SSSR count). The average Bonchev–Trinajstić information content (AvgIpc) is 2.91. The second-order valence-corrected chi connectivity index (χ2v) is 6.08. The number of rotatable bonds is 7. The third-order valence-electron chi connectivity index (χ3n) is 3.06. The van der Waals surface area contributed by atoms with Gasteiger partial charge in [-0.05, 0) is 36.1 Å². The van der Waals surface area contributed by atoms with Crippen LogP contribution < -0.4 is 10.5 Å². The van der Waals surface area contributed by atoms with Crippen LogP contribution in [0.4, 0.5) is 0 Å². The quantitative estimate of drug-likeness (QED) is 0.626. The summed E-state index contributed by atoms with van der Waals surface area (Å²) in [4.78, 5) is 0. The van der Waals surface area contributed by atoms with E-state index in [1.165, 1.54) is 22.9 Å². The van der Waals surface area contributed by atoms with Crippen LogP contribution in [0.2, 0.25) is 0 Å². The summed E-state index contributed by atoms with van der Waals surface area (Å²) in [5, 5.41) is 8.23. The summed E-state index contributed by atoms with van der Waals surface area (Å²) in [5.74, 6) is 2.63. The van der Waals surface area contributed by atoms with Crippen LogP contribution in [0.3, 0.4) is 0 Å². The second kappa shape index (κ2) is 7.47. The zero-order chi connectivity index (χ0) is 15.2. The minimum absolute atomic E-state index is 0.269. The number of hydrogen-bond acceptors (Lipinski definition) is 6. The fourth-order valence-corrected chi connectivity index (χ4v) is 2.65. The van der Waals surface area contributed by atoms with Crippen molar-refractivity contribution in [2.45, 2.75) is 38.5 Å². The molecule has 0 aliphatic carbocycles. The van der Waals surface area contributed by atoms with Crippen LogP contribution in [0.5, 0.6) is 5.75 Å². The van der Waals surface area contributed by atoms with Crippen LogP contribution >= 0.6 is 11.8 Å². The van der Waals surface area contributed by atoms with Gasteiger partial charge in [-0.2, -0.15) is 0 Å². The molecule has 21 heavy (non-hydrogen) atoms. The fourth-order valence-electron chi connectivity index (χ4n) is 2.05. The molecule has 0 spiro atoms. The molecule has 114 valence electrons. The first-order valence-electron chi connectivity index (χ1n) is 6.98. The minimum atomic E-state index is 0.269. The number of nitrogens with zero attached hydrogens (tertiary/aromatic N) is 2. The van der Waals surface area contributed by atoms with Crippen molar-refractivity contribution in [3.8, 4) is 5.75 Å². The van der Waals surface area contributed by atoms with E-state index in [9.17, 15) is 0 Å². The van der Waals surface area contributed by atoms with Crippen molar-refractivity contribution in [3.05, 3.63) is 35.2 Å². The molecule has 1 heterocycles. The van der Waals surface area contributed by atoms with Gasteiger partial charge >= 0.3 is 0 Å². The van der Waals surface area contributed by atoms with E-state index in [2.05, 4.69) is 43.1 Å². The van der Waals surface area contributed by atoms with Crippen LogP contribution in [0, 0.1) is 6.92 Å². The average molecular weight is 307 g/mol. The largest absolute Gasteiger partial charge is 0.493 e. The lowest BCUT2D eigenvalue weighted by molar-refractivity contribution is 0.342. The van der Waals surface area contributed by atoms with E-state index in [0.29, 0.717) is 23.6 Å². The van der Waals surface area contributed by atoms with Gasteiger partial charge in [-0.15, -0.1) is 10.2 Å². The van der Waals surface area contributed by atoms with Crippen molar-refractivity contribution in [2.24, 2.45) is 5.73 Å². The molecule has 0 saturated heterocycles. The highest BCUT2D eigenvalue weighted by Gasteiger charge is 2.06. The van der Waals surface area contributed by atoms with Gasteiger partial charge in [0.1, 0.15) is 5.75 Å². The summed E-state index contributed by atoms with van der Waals surface area (Å²) in [6.45, 7) is 7.36. The molecule has 1 aromatic carbocycles. The topological polar surface area (TPSA) is 74.2 Å². The first-order valence-corrected chi connectivity index (χ1v) is 7.97. The maximum atomic E-state index is 5.74. The fraction of sp³-hybridized carbons (Fsp3) is 0.467. The molecule has 0 aliphatic rings. The number of benzene rings is 1. The number of ether oxygens (including phenoxy) is 1. The van der Waals surface area contributed by atoms with E-state index in [4.69, 9.17) is 14.9 Å². The number of thioether (sulfide) groups is 1. The van der Waals surface area contributed by atoms with Gasteiger partial charge in [-0.25, -0.2) is 0 Å². The highest BCUT2D eigenvalue weighted by molar-refractivity contribution is 7.99. The Kier molecular flexibility index (Phi) is 5.64. The normalized spacial score (nSPS) is 11.1. The number of hydrogen-bond donors (Lipinski definition) is 1. The molecule has 0 atom stereocenters. The van der Waals surface area contributed by atoms with Crippen molar-refractivity contribution >= 4 is 11.8 Å². The Hall–Kier alpha value is -1.53. The minimum Gasteiger partial charge on any atom is -0.493 e. The van der Waals surface area contributed by atoms with Crippen molar-refractivity contribution in [1.82, 2.24) is 10.2 Å². The number of aryl methyl sites for hydroxylation is 1. The Morgan fingerprint density at radius 1 is 1.33 bits per heavy atom. The molecule has 1 aromatic heterocycles. The van der Waals surface area contributed by atoms with Gasteiger partial charge in [-0.1, -0.05) is 31.7 Å². The molecule has 2 N–H and O–H groups in total. The summed E-state index contributed by atoms with van der Waals surface area (Å²) in [6.07, 6.45) is 0. The van der Waals surface area contributed by atoms with E-state index in [1.807, 2.05) is 6.07 Å². The summed E-state index contributed by atoms with van der Waals surface area (Å²) < 4.78 is 11.0. The maximum Gasteiger partial charge on any atom is 0.276 e. The Labute approximate surface area is 129 Å². The van der Waals surface area contributed by atoms with E-state index < -0.39 is 0 Å². The lowest BCUT2D eigenvalue weighted by Gasteiger charge is -2.12. The highest BCUT2D eigenvalue weighted by Crippen LogP contribution is 2.24. The van der Waals surface area contributed by atoms with Crippen LogP contribution in [-0.4, -0.2) is 22.6 Å². The molecule has 2 aromatic rings. The van der Waals surface area contributed by atoms with Crippen LogP contribution in [0.1, 0.15) is 36.8 Å². The van der Waals surface area contributed by atoms with Crippen molar-refractivity contribution in [2.75, 3.05) is 12.4 Å². The lowest BCUT2D eigenvalue weighted by Crippen LogP contribution is -2.01. The zero-order valence-corrected chi connectivity index (χ0v) is 13.4. The SMILES string of the molecule is Cc1cc(OCCSc2nnc(CN)o2)ccc1C(C)C. The molecule has 0 amide bonds. The van der Waals surface area contributed by atoms with Gasteiger partial charge in [0.2, 0.25) is 5.89 Å². The van der Waals surface area contributed by atoms with E-state index in [0.717, 1.165) is 11.5 Å². The molecule has 0 radical (unpaired) electrons. The van der Waals surface area contributed by atoms with Gasteiger partial charge in [0.05, 0.1) is 13.2 Å². The first kappa shape index (κ1) is 15.9. The second-order valence-electron chi connectivity index (χ2n) is 5.04. The van der Waals surface area contributed by atoms with E-state index in [1.54, 1.807) is 0 Å². The predicted molar refractivity (Wildman–Crippen MR) is 83.7 cm³/mol. The van der Waals surface area contributed by atoms with Gasteiger partial charge in [0.25, 0.3) is 5.22 Å². The van der Waals surface area contributed by atoms with Gasteiger partial charge in [0, 0.05) is 5.75 Å². The predicted octanol–water partition coefficient (Wildman–Crippen LogP) is 3.13. The molecular formula is C15H21N3O2S. The van der Waals surface area contributed by atoms with Crippen LogP contribution in [0.25, 0.3) is 0 Å².